The summed E-state index contributed by atoms with van der Waals surface area (Å²) in [6.45, 7) is 0. The van der Waals surface area contributed by atoms with Crippen molar-refractivity contribution in [3.05, 3.63) is 64.7 Å². The average Bonchev–Trinajstić information content (AvgIpc) is 2.52. The second kappa shape index (κ2) is 6.73. The Labute approximate surface area is 132 Å². The Hall–Kier alpha value is -2.50. The maximum absolute atomic E-state index is 13.2. The van der Waals surface area contributed by atoms with Gasteiger partial charge >= 0.3 is 6.18 Å². The molecule has 0 aliphatic heterocycles. The van der Waals surface area contributed by atoms with Gasteiger partial charge in [-0.1, -0.05) is 24.3 Å². The van der Waals surface area contributed by atoms with E-state index in [1.54, 1.807) is 19.2 Å². The van der Waals surface area contributed by atoms with Crippen molar-refractivity contribution < 1.29 is 17.9 Å². The number of nitrogen functional groups attached to an aromatic ring is 1. The number of nitrogens with one attached hydrogen (secondary N) is 1. The molecule has 3 nitrogen and oxygen atoms in total. The van der Waals surface area contributed by atoms with Gasteiger partial charge in [0.25, 0.3) is 0 Å². The van der Waals surface area contributed by atoms with E-state index in [9.17, 15) is 13.2 Å². The van der Waals surface area contributed by atoms with Gasteiger partial charge in [-0.25, -0.2) is 0 Å². The molecular formula is C17H17F3N2O. The first-order valence-corrected chi connectivity index (χ1v) is 6.98. The largest absolute Gasteiger partial charge is 0.497 e. The molecule has 0 saturated carbocycles. The number of methoxy groups -OCH3 is 1. The molecule has 0 aromatic heterocycles. The number of benzene rings is 2. The quantitative estimate of drug-likeness (QED) is 0.650. The van der Waals surface area contributed by atoms with Gasteiger partial charge in [-0.3, -0.25) is 5.41 Å². The van der Waals surface area contributed by atoms with E-state index < -0.39 is 11.7 Å². The zero-order chi connectivity index (χ0) is 17.0. The summed E-state index contributed by atoms with van der Waals surface area (Å²) in [6, 6.07) is 11.0. The summed E-state index contributed by atoms with van der Waals surface area (Å²) in [5, 5.41) is 7.28. The first kappa shape index (κ1) is 16.9. The van der Waals surface area contributed by atoms with Crippen molar-refractivity contribution in [1.29, 1.82) is 5.41 Å². The number of hydrogen-bond acceptors (Lipinski definition) is 2. The molecule has 6 heteroatoms. The molecule has 0 saturated heterocycles. The molecule has 0 aliphatic carbocycles. The number of alkyl halides is 3. The predicted octanol–water partition coefficient (Wildman–Crippen LogP) is 3.78. The summed E-state index contributed by atoms with van der Waals surface area (Å²) >= 11 is 0. The molecule has 0 aliphatic rings. The van der Waals surface area contributed by atoms with E-state index in [1.165, 1.54) is 12.1 Å². The molecule has 0 amide bonds. The molecular weight excluding hydrogens is 305 g/mol. The summed E-state index contributed by atoms with van der Waals surface area (Å²) in [6.07, 6.45) is -3.74. The number of amidine groups is 1. The van der Waals surface area contributed by atoms with E-state index in [0.717, 1.165) is 11.6 Å². The van der Waals surface area contributed by atoms with E-state index in [1.807, 2.05) is 12.1 Å². The molecule has 0 spiro atoms. The number of hydrogen-bond donors (Lipinski definition) is 2. The Kier molecular flexibility index (Phi) is 4.93. The van der Waals surface area contributed by atoms with Crippen LogP contribution in [0.5, 0.6) is 5.75 Å². The lowest BCUT2D eigenvalue weighted by atomic mass is 9.97. The molecule has 2 aromatic rings. The number of nitrogens with two attached hydrogens (primary N) is 1. The predicted molar refractivity (Wildman–Crippen MR) is 82.9 cm³/mol. The van der Waals surface area contributed by atoms with E-state index in [2.05, 4.69) is 0 Å². The topological polar surface area (TPSA) is 59.1 Å². The zero-order valence-corrected chi connectivity index (χ0v) is 12.6. The summed E-state index contributed by atoms with van der Waals surface area (Å²) in [5.41, 5.74) is 5.73. The lowest BCUT2D eigenvalue weighted by Gasteiger charge is -2.14. The van der Waals surface area contributed by atoms with Crippen molar-refractivity contribution in [1.82, 2.24) is 0 Å². The van der Waals surface area contributed by atoms with Crippen molar-refractivity contribution in [2.24, 2.45) is 5.73 Å². The van der Waals surface area contributed by atoms with Crippen LogP contribution in [0.25, 0.3) is 0 Å². The Morgan fingerprint density at radius 3 is 2.26 bits per heavy atom. The number of aryl methyl sites for hydroxylation is 2. The van der Waals surface area contributed by atoms with Crippen molar-refractivity contribution in [2.45, 2.75) is 19.0 Å². The molecule has 0 unspecified atom stereocenters. The third-order valence-electron chi connectivity index (χ3n) is 3.57. The van der Waals surface area contributed by atoms with Crippen LogP contribution >= 0.6 is 0 Å². The lowest BCUT2D eigenvalue weighted by molar-refractivity contribution is -0.138. The van der Waals surface area contributed by atoms with Gasteiger partial charge in [-0.15, -0.1) is 0 Å². The van der Waals surface area contributed by atoms with Crippen LogP contribution in [0.3, 0.4) is 0 Å². The number of ether oxygens (including phenoxy) is 1. The molecule has 0 atom stereocenters. The molecule has 3 N–H and O–H groups in total. The minimum absolute atomic E-state index is 0.0746. The highest BCUT2D eigenvalue weighted by atomic mass is 19.4. The first-order valence-electron chi connectivity index (χ1n) is 6.98. The molecule has 0 radical (unpaired) electrons. The highest BCUT2D eigenvalue weighted by Gasteiger charge is 2.33. The lowest BCUT2D eigenvalue weighted by Crippen LogP contribution is -2.15. The molecule has 0 fully saturated rings. The van der Waals surface area contributed by atoms with E-state index >= 15 is 0 Å². The van der Waals surface area contributed by atoms with Crippen LogP contribution in [0.2, 0.25) is 0 Å². The van der Waals surface area contributed by atoms with Crippen LogP contribution in [-0.2, 0) is 19.0 Å². The molecule has 0 heterocycles. The SMILES string of the molecule is COc1ccc(CCc2ccc(C(=N)N)cc2C(F)(F)F)cc1. The standard InChI is InChI=1S/C17H17F3N2O/c1-23-14-8-3-11(4-9-14)2-5-12-6-7-13(16(21)22)10-15(12)17(18,19)20/h3-4,6-10H,2,5H2,1H3,(H3,21,22). The van der Waals surface area contributed by atoms with Gasteiger partial charge in [-0.2, -0.15) is 13.2 Å². The minimum Gasteiger partial charge on any atom is -0.497 e. The fourth-order valence-corrected chi connectivity index (χ4v) is 2.30. The minimum atomic E-state index is -4.47. The van der Waals surface area contributed by atoms with Crippen molar-refractivity contribution in [3.8, 4) is 5.75 Å². The van der Waals surface area contributed by atoms with Crippen LogP contribution < -0.4 is 10.5 Å². The van der Waals surface area contributed by atoms with Crippen LogP contribution in [0.1, 0.15) is 22.3 Å². The van der Waals surface area contributed by atoms with Gasteiger partial charge in [0.15, 0.2) is 0 Å². The summed E-state index contributed by atoms with van der Waals surface area (Å²) in [5.74, 6) is 0.327. The average molecular weight is 322 g/mol. The van der Waals surface area contributed by atoms with Crippen LogP contribution in [0, 0.1) is 5.41 Å². The van der Waals surface area contributed by atoms with Gasteiger partial charge in [0.2, 0.25) is 0 Å². The van der Waals surface area contributed by atoms with Crippen LogP contribution in [0.4, 0.5) is 13.2 Å². The molecule has 0 bridgehead atoms. The monoisotopic (exact) mass is 322 g/mol. The molecule has 23 heavy (non-hydrogen) atoms. The summed E-state index contributed by atoms with van der Waals surface area (Å²) < 4.78 is 44.6. The number of halogens is 3. The van der Waals surface area contributed by atoms with Gasteiger partial charge in [0.05, 0.1) is 12.7 Å². The fourth-order valence-electron chi connectivity index (χ4n) is 2.30. The smallest absolute Gasteiger partial charge is 0.416 e. The summed E-state index contributed by atoms with van der Waals surface area (Å²) in [4.78, 5) is 0. The maximum atomic E-state index is 13.2. The first-order chi connectivity index (χ1) is 10.8. The molecule has 2 aromatic carbocycles. The Bertz CT molecular complexity index is 694. The Morgan fingerprint density at radius 2 is 1.74 bits per heavy atom. The van der Waals surface area contributed by atoms with Crippen LogP contribution in [-0.4, -0.2) is 12.9 Å². The Balaban J connectivity index is 2.22. The summed E-state index contributed by atoms with van der Waals surface area (Å²) in [7, 11) is 1.56. The molecule has 122 valence electrons. The van der Waals surface area contributed by atoms with Gasteiger partial charge < -0.3 is 10.5 Å². The second-order valence-electron chi connectivity index (χ2n) is 5.13. The van der Waals surface area contributed by atoms with Crippen molar-refractivity contribution in [2.75, 3.05) is 7.11 Å². The highest BCUT2D eigenvalue weighted by Crippen LogP contribution is 2.33. The number of rotatable bonds is 5. The van der Waals surface area contributed by atoms with E-state index in [4.69, 9.17) is 15.9 Å². The third-order valence-corrected chi connectivity index (χ3v) is 3.57. The fraction of sp³-hybridized carbons (Fsp3) is 0.235. The van der Waals surface area contributed by atoms with Crippen molar-refractivity contribution in [3.63, 3.8) is 0 Å². The third kappa shape index (κ3) is 4.25. The highest BCUT2D eigenvalue weighted by molar-refractivity contribution is 5.95. The van der Waals surface area contributed by atoms with E-state index in [-0.39, 0.29) is 23.4 Å². The van der Waals surface area contributed by atoms with Gasteiger partial charge in [0.1, 0.15) is 11.6 Å². The molecule has 2 rings (SSSR count). The van der Waals surface area contributed by atoms with Gasteiger partial charge in [-0.05, 0) is 42.2 Å². The second-order valence-corrected chi connectivity index (χ2v) is 5.13. The normalized spacial score (nSPS) is 11.3. The van der Waals surface area contributed by atoms with Crippen LogP contribution in [0.15, 0.2) is 42.5 Å². The zero-order valence-electron chi connectivity index (χ0n) is 12.6. The Morgan fingerprint density at radius 1 is 1.09 bits per heavy atom. The van der Waals surface area contributed by atoms with Crippen molar-refractivity contribution >= 4 is 5.84 Å². The van der Waals surface area contributed by atoms with E-state index in [0.29, 0.717) is 12.2 Å². The van der Waals surface area contributed by atoms with Gasteiger partial charge in [0, 0.05) is 5.56 Å². The maximum Gasteiger partial charge on any atom is 0.416 e.